The predicted octanol–water partition coefficient (Wildman–Crippen LogP) is 5.49. The average molecular weight is 483 g/mol. The summed E-state index contributed by atoms with van der Waals surface area (Å²) in [7, 11) is -3.82. The summed E-state index contributed by atoms with van der Waals surface area (Å²) in [6.45, 7) is 0.216. The Morgan fingerprint density at radius 2 is 1.66 bits per heavy atom. The monoisotopic (exact) mass is 482 g/mol. The summed E-state index contributed by atoms with van der Waals surface area (Å²) in [5.74, 6) is -0.180. The van der Waals surface area contributed by atoms with Crippen LogP contribution >= 0.6 is 0 Å². The number of para-hydroxylation sites is 2. The number of rotatable bonds is 5. The van der Waals surface area contributed by atoms with Crippen LogP contribution in [-0.2, 0) is 16.4 Å². The van der Waals surface area contributed by atoms with Gasteiger partial charge < -0.3 is 14.2 Å². The normalized spacial score (nSPS) is 11.9. The van der Waals surface area contributed by atoms with E-state index in [1.807, 2.05) is 30.3 Å². The summed E-state index contributed by atoms with van der Waals surface area (Å²) >= 11 is 0. The molecule has 0 bridgehead atoms. The van der Waals surface area contributed by atoms with Crippen molar-refractivity contribution in [2.45, 2.75) is 16.3 Å². The molecule has 1 N–H and O–H groups in total. The fourth-order valence-corrected chi connectivity index (χ4v) is 5.51. The van der Waals surface area contributed by atoms with Crippen molar-refractivity contribution in [1.82, 2.24) is 10.3 Å². The Morgan fingerprint density at radius 1 is 0.857 bits per heavy atom. The van der Waals surface area contributed by atoms with Gasteiger partial charge >= 0.3 is 0 Å². The number of sulfone groups is 1. The molecule has 3 heterocycles. The van der Waals surface area contributed by atoms with Crippen molar-refractivity contribution in [3.63, 3.8) is 0 Å². The number of hydrogen-bond donors (Lipinski definition) is 1. The molecule has 0 aliphatic heterocycles. The van der Waals surface area contributed by atoms with Crippen molar-refractivity contribution >= 4 is 48.7 Å². The SMILES string of the molecule is O=C(NCc1ccc(S(=O)(=O)c2cccc3c2oc2ccccc23)cc1)c1cc2ccncc2o1. The highest BCUT2D eigenvalue weighted by molar-refractivity contribution is 7.91. The van der Waals surface area contributed by atoms with E-state index in [1.54, 1.807) is 48.8 Å². The van der Waals surface area contributed by atoms with Crippen LogP contribution in [0.3, 0.4) is 0 Å². The van der Waals surface area contributed by atoms with Crippen molar-refractivity contribution in [2.24, 2.45) is 0 Å². The molecule has 3 aromatic heterocycles. The first kappa shape index (κ1) is 21.1. The van der Waals surface area contributed by atoms with Crippen molar-refractivity contribution in [2.75, 3.05) is 0 Å². The van der Waals surface area contributed by atoms with Crippen LogP contribution in [0.25, 0.3) is 32.9 Å². The van der Waals surface area contributed by atoms with Gasteiger partial charge in [-0.05, 0) is 42.0 Å². The summed E-state index contributed by atoms with van der Waals surface area (Å²) < 4.78 is 38.3. The zero-order valence-electron chi connectivity index (χ0n) is 18.3. The molecule has 3 aromatic carbocycles. The highest BCUT2D eigenvalue weighted by atomic mass is 32.2. The Kier molecular flexibility index (Phi) is 4.89. The number of carbonyl (C=O) groups excluding carboxylic acids is 1. The Morgan fingerprint density at radius 3 is 2.49 bits per heavy atom. The standard InChI is InChI=1S/C27H18N2O5S/c30-27(23-14-18-12-13-28-16-24(18)33-23)29-15-17-8-10-19(11-9-17)35(31,32)25-7-3-5-21-20-4-1-2-6-22(20)34-26(21)25/h1-14,16H,15H2,(H,29,30). The second-order valence-corrected chi connectivity index (χ2v) is 10.0. The van der Waals surface area contributed by atoms with Gasteiger partial charge in [-0.15, -0.1) is 0 Å². The van der Waals surface area contributed by atoms with E-state index in [0.29, 0.717) is 16.7 Å². The summed E-state index contributed by atoms with van der Waals surface area (Å²) in [6.07, 6.45) is 3.18. The molecule has 0 spiro atoms. The van der Waals surface area contributed by atoms with Crippen molar-refractivity contribution in [3.05, 3.63) is 103 Å². The van der Waals surface area contributed by atoms with Gasteiger partial charge in [0.15, 0.2) is 16.9 Å². The van der Waals surface area contributed by atoms with Crippen LogP contribution in [0.2, 0.25) is 0 Å². The quantitative estimate of drug-likeness (QED) is 0.349. The number of fused-ring (bicyclic) bond motifs is 4. The van der Waals surface area contributed by atoms with Gasteiger partial charge in [0.2, 0.25) is 9.84 Å². The molecule has 0 saturated carbocycles. The lowest BCUT2D eigenvalue weighted by Crippen LogP contribution is -2.22. The number of carbonyl (C=O) groups is 1. The maximum Gasteiger partial charge on any atom is 0.287 e. The first-order chi connectivity index (χ1) is 17.0. The highest BCUT2D eigenvalue weighted by Gasteiger charge is 2.23. The minimum absolute atomic E-state index is 0.117. The van der Waals surface area contributed by atoms with Gasteiger partial charge in [-0.3, -0.25) is 9.78 Å². The van der Waals surface area contributed by atoms with E-state index in [4.69, 9.17) is 8.83 Å². The lowest BCUT2D eigenvalue weighted by atomic mass is 10.1. The van der Waals surface area contributed by atoms with Crippen molar-refractivity contribution < 1.29 is 22.0 Å². The number of aromatic nitrogens is 1. The van der Waals surface area contributed by atoms with Crippen LogP contribution in [0.5, 0.6) is 0 Å². The molecule has 35 heavy (non-hydrogen) atoms. The molecule has 0 aliphatic rings. The minimum Gasteiger partial charge on any atom is -0.455 e. The fraction of sp³-hybridized carbons (Fsp3) is 0.0370. The topological polar surface area (TPSA) is 102 Å². The third kappa shape index (κ3) is 3.64. The summed E-state index contributed by atoms with van der Waals surface area (Å²) in [4.78, 5) is 16.7. The lowest BCUT2D eigenvalue weighted by molar-refractivity contribution is 0.0925. The predicted molar refractivity (Wildman–Crippen MR) is 131 cm³/mol. The largest absolute Gasteiger partial charge is 0.455 e. The maximum absolute atomic E-state index is 13.4. The van der Waals surface area contributed by atoms with Crippen LogP contribution in [0.1, 0.15) is 16.1 Å². The number of pyridine rings is 1. The van der Waals surface area contributed by atoms with Crippen LogP contribution in [-0.4, -0.2) is 19.3 Å². The van der Waals surface area contributed by atoms with Crippen molar-refractivity contribution in [1.29, 1.82) is 0 Å². The molecule has 0 atom stereocenters. The number of furan rings is 2. The summed E-state index contributed by atoms with van der Waals surface area (Å²) in [5.41, 5.74) is 2.26. The van der Waals surface area contributed by atoms with E-state index in [9.17, 15) is 13.2 Å². The maximum atomic E-state index is 13.4. The molecule has 8 heteroatoms. The van der Waals surface area contributed by atoms with E-state index in [0.717, 1.165) is 21.7 Å². The van der Waals surface area contributed by atoms with E-state index in [-0.39, 0.29) is 28.0 Å². The van der Waals surface area contributed by atoms with Gasteiger partial charge in [-0.1, -0.05) is 42.5 Å². The Balaban J connectivity index is 1.24. The highest BCUT2D eigenvalue weighted by Crippen LogP contribution is 2.35. The summed E-state index contributed by atoms with van der Waals surface area (Å²) in [5, 5.41) is 5.20. The minimum atomic E-state index is -3.82. The number of hydrogen-bond acceptors (Lipinski definition) is 6. The van der Waals surface area contributed by atoms with E-state index in [2.05, 4.69) is 10.3 Å². The van der Waals surface area contributed by atoms with E-state index < -0.39 is 9.84 Å². The average Bonchev–Trinajstić information content (AvgIpc) is 3.49. The van der Waals surface area contributed by atoms with Crippen LogP contribution in [0.15, 0.2) is 110 Å². The van der Waals surface area contributed by atoms with E-state index in [1.165, 1.54) is 12.1 Å². The Labute approximate surface area is 199 Å². The first-order valence-electron chi connectivity index (χ1n) is 10.9. The zero-order valence-corrected chi connectivity index (χ0v) is 19.1. The van der Waals surface area contributed by atoms with Crippen LogP contribution in [0, 0.1) is 0 Å². The fourth-order valence-electron chi connectivity index (χ4n) is 4.11. The smallest absolute Gasteiger partial charge is 0.287 e. The molecule has 0 saturated heterocycles. The Hall–Kier alpha value is -4.43. The number of benzene rings is 3. The molecular formula is C27H18N2O5S. The second kappa shape index (κ2) is 8.11. The Bertz CT molecular complexity index is 1800. The third-order valence-corrected chi connectivity index (χ3v) is 7.68. The number of amides is 1. The second-order valence-electron chi connectivity index (χ2n) is 8.09. The molecule has 0 aliphatic carbocycles. The van der Waals surface area contributed by atoms with Crippen molar-refractivity contribution in [3.8, 4) is 0 Å². The van der Waals surface area contributed by atoms with Gasteiger partial charge in [0.1, 0.15) is 10.5 Å². The molecule has 172 valence electrons. The molecule has 0 unspecified atom stereocenters. The van der Waals surface area contributed by atoms with Gasteiger partial charge in [0.05, 0.1) is 11.1 Å². The molecule has 6 rings (SSSR count). The summed E-state index contributed by atoms with van der Waals surface area (Å²) in [6, 6.07) is 22.4. The van der Waals surface area contributed by atoms with E-state index >= 15 is 0 Å². The van der Waals surface area contributed by atoms with Gasteiger partial charge in [-0.2, -0.15) is 0 Å². The molecule has 0 radical (unpaired) electrons. The lowest BCUT2D eigenvalue weighted by Gasteiger charge is -2.07. The molecule has 6 aromatic rings. The first-order valence-corrected chi connectivity index (χ1v) is 12.3. The number of nitrogens with zero attached hydrogens (tertiary/aromatic N) is 1. The van der Waals surface area contributed by atoms with Crippen LogP contribution in [0.4, 0.5) is 0 Å². The number of nitrogens with one attached hydrogen (secondary N) is 1. The molecule has 0 fully saturated rings. The van der Waals surface area contributed by atoms with Gasteiger partial charge in [0.25, 0.3) is 5.91 Å². The molecule has 7 nitrogen and oxygen atoms in total. The third-order valence-electron chi connectivity index (χ3n) is 5.89. The van der Waals surface area contributed by atoms with Gasteiger partial charge in [-0.25, -0.2) is 8.42 Å². The van der Waals surface area contributed by atoms with Crippen LogP contribution < -0.4 is 5.32 Å². The van der Waals surface area contributed by atoms with Gasteiger partial charge in [0, 0.05) is 28.9 Å². The molecular weight excluding hydrogens is 464 g/mol. The zero-order chi connectivity index (χ0) is 24.0. The molecule has 1 amide bonds.